The van der Waals surface area contributed by atoms with Gasteiger partial charge >= 0.3 is 0 Å². The molecule has 1 atom stereocenters. The van der Waals surface area contributed by atoms with E-state index in [0.29, 0.717) is 6.54 Å². The Balaban J connectivity index is 2.26. The van der Waals surface area contributed by atoms with Gasteiger partial charge in [0.25, 0.3) is 0 Å². The number of hydrogen-bond acceptors (Lipinski definition) is 3. The first-order chi connectivity index (χ1) is 9.08. The summed E-state index contributed by atoms with van der Waals surface area (Å²) in [5.41, 5.74) is 8.77. The molecule has 0 amide bonds. The number of halogens is 1. The van der Waals surface area contributed by atoms with Crippen LogP contribution in [-0.4, -0.2) is 12.0 Å². The van der Waals surface area contributed by atoms with E-state index in [1.54, 1.807) is 12.3 Å². The van der Waals surface area contributed by atoms with Crippen LogP contribution in [0, 0.1) is 5.82 Å². The predicted octanol–water partition coefficient (Wildman–Crippen LogP) is 2.88. The van der Waals surface area contributed by atoms with E-state index in [2.05, 4.69) is 9.88 Å². The maximum absolute atomic E-state index is 13.3. The van der Waals surface area contributed by atoms with Gasteiger partial charge in [0.05, 0.1) is 0 Å². The molecule has 2 N–H and O–H groups in total. The highest BCUT2D eigenvalue weighted by atomic mass is 19.1. The topological polar surface area (TPSA) is 42.1 Å². The van der Waals surface area contributed by atoms with E-state index >= 15 is 0 Å². The second kappa shape index (κ2) is 5.80. The molecule has 0 fully saturated rings. The minimum Gasteiger partial charge on any atom is -0.370 e. The largest absolute Gasteiger partial charge is 0.370 e. The molecule has 1 aromatic heterocycles. The van der Waals surface area contributed by atoms with Crippen LogP contribution in [0.25, 0.3) is 0 Å². The van der Waals surface area contributed by atoms with Crippen LogP contribution in [0.15, 0.2) is 42.7 Å². The maximum atomic E-state index is 13.3. The van der Waals surface area contributed by atoms with Crippen molar-refractivity contribution >= 4 is 5.69 Å². The lowest BCUT2D eigenvalue weighted by atomic mass is 10.1. The van der Waals surface area contributed by atoms with Gasteiger partial charge in [0, 0.05) is 37.7 Å². The molecule has 0 saturated carbocycles. The Morgan fingerprint density at radius 1 is 1.37 bits per heavy atom. The molecular formula is C15H18FN3. The molecule has 0 aliphatic rings. The van der Waals surface area contributed by atoms with Gasteiger partial charge < -0.3 is 10.6 Å². The summed E-state index contributed by atoms with van der Waals surface area (Å²) in [6.45, 7) is 2.56. The normalized spacial score (nSPS) is 12.2. The molecule has 0 saturated heterocycles. The smallest absolute Gasteiger partial charge is 0.123 e. The number of aromatic nitrogens is 1. The van der Waals surface area contributed by atoms with Crippen molar-refractivity contribution in [1.82, 2.24) is 4.98 Å². The summed E-state index contributed by atoms with van der Waals surface area (Å²) in [7, 11) is 1.96. The third kappa shape index (κ3) is 3.29. The SMILES string of the molecule is C[C@@H](N)c1cc(F)ccc1N(C)Cc1cccnc1. The predicted molar refractivity (Wildman–Crippen MR) is 75.3 cm³/mol. The molecule has 19 heavy (non-hydrogen) atoms. The molecule has 4 heteroatoms. The standard InChI is InChI=1S/C15H18FN3/c1-11(17)14-8-13(16)5-6-15(14)19(2)10-12-4-3-7-18-9-12/h3-9,11H,10,17H2,1-2H3/t11-/m1/s1. The minimum atomic E-state index is -0.258. The Labute approximate surface area is 112 Å². The van der Waals surface area contributed by atoms with E-state index in [1.165, 1.54) is 12.1 Å². The number of anilines is 1. The van der Waals surface area contributed by atoms with Crippen molar-refractivity contribution in [3.05, 3.63) is 59.7 Å². The Morgan fingerprint density at radius 2 is 2.16 bits per heavy atom. The lowest BCUT2D eigenvalue weighted by molar-refractivity contribution is 0.622. The quantitative estimate of drug-likeness (QED) is 0.918. The Bertz CT molecular complexity index is 540. The highest BCUT2D eigenvalue weighted by molar-refractivity contribution is 5.54. The second-order valence-corrected chi connectivity index (χ2v) is 4.71. The summed E-state index contributed by atoms with van der Waals surface area (Å²) in [5.74, 6) is -0.258. The van der Waals surface area contributed by atoms with Crippen LogP contribution in [0.4, 0.5) is 10.1 Å². The molecule has 100 valence electrons. The summed E-state index contributed by atoms with van der Waals surface area (Å²) >= 11 is 0. The van der Waals surface area contributed by atoms with E-state index in [0.717, 1.165) is 16.8 Å². The molecule has 0 unspecified atom stereocenters. The second-order valence-electron chi connectivity index (χ2n) is 4.71. The van der Waals surface area contributed by atoms with Crippen molar-refractivity contribution < 1.29 is 4.39 Å². The van der Waals surface area contributed by atoms with Gasteiger partial charge in [-0.25, -0.2) is 4.39 Å². The summed E-state index contributed by atoms with van der Waals surface area (Å²) in [4.78, 5) is 6.14. The van der Waals surface area contributed by atoms with Gasteiger partial charge in [-0.1, -0.05) is 6.07 Å². The molecule has 0 bridgehead atoms. The first-order valence-electron chi connectivity index (χ1n) is 6.23. The molecule has 0 radical (unpaired) electrons. The maximum Gasteiger partial charge on any atom is 0.123 e. The first-order valence-corrected chi connectivity index (χ1v) is 6.23. The van der Waals surface area contributed by atoms with E-state index in [1.807, 2.05) is 32.3 Å². The average Bonchev–Trinajstić information content (AvgIpc) is 2.39. The Hall–Kier alpha value is -1.94. The van der Waals surface area contributed by atoms with Gasteiger partial charge in [-0.2, -0.15) is 0 Å². The highest BCUT2D eigenvalue weighted by Gasteiger charge is 2.12. The van der Waals surface area contributed by atoms with Crippen molar-refractivity contribution in [1.29, 1.82) is 0 Å². The Kier molecular flexibility index (Phi) is 4.12. The molecule has 0 aliphatic heterocycles. The number of hydrogen-bond donors (Lipinski definition) is 1. The summed E-state index contributed by atoms with van der Waals surface area (Å²) in [6, 6.07) is 8.44. The summed E-state index contributed by atoms with van der Waals surface area (Å²) in [6.07, 6.45) is 3.57. The van der Waals surface area contributed by atoms with E-state index in [4.69, 9.17) is 5.73 Å². The number of nitrogens with zero attached hydrogens (tertiary/aromatic N) is 2. The molecule has 3 nitrogen and oxygen atoms in total. The number of rotatable bonds is 4. The summed E-state index contributed by atoms with van der Waals surface area (Å²) in [5, 5.41) is 0. The van der Waals surface area contributed by atoms with Gasteiger partial charge in [0.15, 0.2) is 0 Å². The lowest BCUT2D eigenvalue weighted by Crippen LogP contribution is -2.20. The van der Waals surface area contributed by atoms with E-state index in [9.17, 15) is 4.39 Å². The van der Waals surface area contributed by atoms with Crippen LogP contribution in [0.5, 0.6) is 0 Å². The van der Waals surface area contributed by atoms with Gasteiger partial charge in [-0.05, 0) is 42.3 Å². The molecule has 2 aromatic rings. The van der Waals surface area contributed by atoms with Crippen LogP contribution >= 0.6 is 0 Å². The monoisotopic (exact) mass is 259 g/mol. The molecule has 0 spiro atoms. The number of nitrogens with two attached hydrogens (primary N) is 1. The zero-order valence-corrected chi connectivity index (χ0v) is 11.2. The Morgan fingerprint density at radius 3 is 2.79 bits per heavy atom. The third-order valence-corrected chi connectivity index (χ3v) is 3.03. The molecule has 0 aliphatic carbocycles. The fourth-order valence-electron chi connectivity index (χ4n) is 2.09. The highest BCUT2D eigenvalue weighted by Crippen LogP contribution is 2.26. The van der Waals surface area contributed by atoms with Crippen molar-refractivity contribution in [3.8, 4) is 0 Å². The average molecular weight is 259 g/mol. The molecule has 1 heterocycles. The van der Waals surface area contributed by atoms with Gasteiger partial charge in [0.2, 0.25) is 0 Å². The molecular weight excluding hydrogens is 241 g/mol. The van der Waals surface area contributed by atoms with Crippen LogP contribution < -0.4 is 10.6 Å². The van der Waals surface area contributed by atoms with Crippen molar-refractivity contribution in [3.63, 3.8) is 0 Å². The molecule has 2 rings (SSSR count). The van der Waals surface area contributed by atoms with E-state index < -0.39 is 0 Å². The fraction of sp³-hybridized carbons (Fsp3) is 0.267. The molecule has 1 aromatic carbocycles. The van der Waals surface area contributed by atoms with Crippen molar-refractivity contribution in [2.24, 2.45) is 5.73 Å². The van der Waals surface area contributed by atoms with Crippen LogP contribution in [0.3, 0.4) is 0 Å². The van der Waals surface area contributed by atoms with E-state index in [-0.39, 0.29) is 11.9 Å². The number of pyridine rings is 1. The lowest BCUT2D eigenvalue weighted by Gasteiger charge is -2.24. The van der Waals surface area contributed by atoms with Gasteiger partial charge in [0.1, 0.15) is 5.82 Å². The van der Waals surface area contributed by atoms with Crippen molar-refractivity contribution in [2.75, 3.05) is 11.9 Å². The summed E-state index contributed by atoms with van der Waals surface area (Å²) < 4.78 is 13.3. The van der Waals surface area contributed by atoms with Crippen LogP contribution in [0.2, 0.25) is 0 Å². The zero-order valence-electron chi connectivity index (χ0n) is 11.2. The zero-order chi connectivity index (χ0) is 13.8. The van der Waals surface area contributed by atoms with Crippen molar-refractivity contribution in [2.45, 2.75) is 19.5 Å². The van der Waals surface area contributed by atoms with Gasteiger partial charge in [-0.3, -0.25) is 4.98 Å². The first kappa shape index (κ1) is 13.5. The van der Waals surface area contributed by atoms with Crippen LogP contribution in [-0.2, 0) is 6.54 Å². The minimum absolute atomic E-state index is 0.206. The third-order valence-electron chi connectivity index (χ3n) is 3.03. The number of benzene rings is 1. The van der Waals surface area contributed by atoms with Crippen LogP contribution in [0.1, 0.15) is 24.1 Å². The fourth-order valence-corrected chi connectivity index (χ4v) is 2.09. The van der Waals surface area contributed by atoms with Gasteiger partial charge in [-0.15, -0.1) is 0 Å².